The largest absolute Gasteiger partial charge is 0.491 e. The molecule has 0 heterocycles. The van der Waals surface area contributed by atoms with Gasteiger partial charge in [0.2, 0.25) is 0 Å². The number of aliphatic hydroxyl groups is 1. The number of carboxylic acid groups (broad SMARTS) is 1. The molecule has 1 unspecified atom stereocenters. The molecular formula is C13H16Cl2N2O5. The van der Waals surface area contributed by atoms with Crippen LogP contribution in [-0.4, -0.2) is 41.0 Å². The minimum Gasteiger partial charge on any atom is -0.491 e. The fourth-order valence-corrected chi connectivity index (χ4v) is 2.01. The monoisotopic (exact) mass is 350 g/mol. The number of carboxylic acids is 1. The van der Waals surface area contributed by atoms with Crippen LogP contribution < -0.4 is 15.4 Å². The van der Waals surface area contributed by atoms with Gasteiger partial charge in [0.15, 0.2) is 11.4 Å². The molecule has 0 radical (unpaired) electrons. The number of rotatable bonds is 6. The Bertz CT molecular complexity index is 555. The second-order valence-electron chi connectivity index (χ2n) is 4.59. The number of halogens is 2. The van der Waals surface area contributed by atoms with Crippen LogP contribution in [-0.2, 0) is 4.79 Å². The van der Waals surface area contributed by atoms with Crippen LogP contribution >= 0.6 is 23.2 Å². The van der Waals surface area contributed by atoms with Crippen molar-refractivity contribution in [1.82, 2.24) is 5.32 Å². The first-order chi connectivity index (χ1) is 10.2. The number of hydrogen-bond acceptors (Lipinski definition) is 4. The third-order valence-corrected chi connectivity index (χ3v) is 3.16. The van der Waals surface area contributed by atoms with Crippen molar-refractivity contribution in [2.45, 2.75) is 19.4 Å². The normalized spacial score (nSPS) is 13.1. The first-order valence-corrected chi connectivity index (χ1v) is 7.05. The Balaban J connectivity index is 2.71. The van der Waals surface area contributed by atoms with E-state index < -0.39 is 24.1 Å². The van der Waals surface area contributed by atoms with Crippen LogP contribution in [0.5, 0.6) is 5.75 Å². The molecule has 0 fully saturated rings. The lowest BCUT2D eigenvalue weighted by atomic mass is 10.1. The third-order valence-electron chi connectivity index (χ3n) is 2.60. The van der Waals surface area contributed by atoms with E-state index in [2.05, 4.69) is 10.6 Å². The Labute approximate surface area is 137 Å². The number of benzene rings is 1. The molecule has 22 heavy (non-hydrogen) atoms. The molecule has 9 heteroatoms. The average molecular weight is 351 g/mol. The summed E-state index contributed by atoms with van der Waals surface area (Å²) in [7, 11) is 0. The molecule has 4 N–H and O–H groups in total. The Morgan fingerprint density at radius 3 is 2.32 bits per heavy atom. The molecule has 0 saturated heterocycles. The smallest absolute Gasteiger partial charge is 0.337 e. The van der Waals surface area contributed by atoms with E-state index in [1.165, 1.54) is 12.1 Å². The molecule has 0 aromatic heterocycles. The molecule has 122 valence electrons. The Morgan fingerprint density at radius 1 is 1.32 bits per heavy atom. The highest BCUT2D eigenvalue weighted by Gasteiger charge is 2.30. The SMILES string of the molecule is CCOc1c(Cl)cc(NC(=O)NCC(C)(O)C(=O)O)cc1Cl. The number of carbonyl (C=O) groups is 2. The van der Waals surface area contributed by atoms with Crippen LogP contribution in [0.1, 0.15) is 13.8 Å². The van der Waals surface area contributed by atoms with E-state index in [0.717, 1.165) is 6.92 Å². The summed E-state index contributed by atoms with van der Waals surface area (Å²) in [5, 5.41) is 23.3. The van der Waals surface area contributed by atoms with Gasteiger partial charge in [0.1, 0.15) is 0 Å². The van der Waals surface area contributed by atoms with Crippen LogP contribution in [0.15, 0.2) is 12.1 Å². The van der Waals surface area contributed by atoms with Crippen molar-refractivity contribution in [3.05, 3.63) is 22.2 Å². The fraction of sp³-hybridized carbons (Fsp3) is 0.385. The van der Waals surface area contributed by atoms with Crippen molar-refractivity contribution in [3.8, 4) is 5.75 Å². The maximum absolute atomic E-state index is 11.7. The second-order valence-corrected chi connectivity index (χ2v) is 5.40. The number of aliphatic carboxylic acids is 1. The summed E-state index contributed by atoms with van der Waals surface area (Å²) in [5.41, 5.74) is -1.77. The van der Waals surface area contributed by atoms with Crippen molar-refractivity contribution in [2.24, 2.45) is 0 Å². The molecule has 1 atom stereocenters. The van der Waals surface area contributed by atoms with Gasteiger partial charge in [0.05, 0.1) is 23.2 Å². The number of nitrogens with one attached hydrogen (secondary N) is 2. The number of amides is 2. The molecule has 1 aromatic carbocycles. The lowest BCUT2D eigenvalue weighted by Gasteiger charge is -2.18. The molecule has 0 spiro atoms. The van der Waals surface area contributed by atoms with Crippen LogP contribution in [0.3, 0.4) is 0 Å². The minimum absolute atomic E-state index is 0.224. The summed E-state index contributed by atoms with van der Waals surface area (Å²) in [6.45, 7) is 2.77. The summed E-state index contributed by atoms with van der Waals surface area (Å²) in [5.74, 6) is -1.13. The highest BCUT2D eigenvalue weighted by molar-refractivity contribution is 6.37. The van der Waals surface area contributed by atoms with Crippen LogP contribution in [0.4, 0.5) is 10.5 Å². The van der Waals surface area contributed by atoms with E-state index in [4.69, 9.17) is 33.0 Å². The third kappa shape index (κ3) is 4.94. The van der Waals surface area contributed by atoms with E-state index in [-0.39, 0.29) is 10.0 Å². The molecule has 7 nitrogen and oxygen atoms in total. The number of carbonyl (C=O) groups excluding carboxylic acids is 1. The van der Waals surface area contributed by atoms with Crippen molar-refractivity contribution >= 4 is 40.9 Å². The Kier molecular flexibility index (Phi) is 6.28. The van der Waals surface area contributed by atoms with E-state index in [0.29, 0.717) is 18.0 Å². The van der Waals surface area contributed by atoms with Crippen molar-refractivity contribution in [2.75, 3.05) is 18.5 Å². The zero-order valence-corrected chi connectivity index (χ0v) is 13.5. The molecule has 0 bridgehead atoms. The van der Waals surface area contributed by atoms with E-state index >= 15 is 0 Å². The minimum atomic E-state index is -2.06. The highest BCUT2D eigenvalue weighted by Crippen LogP contribution is 2.35. The Hall–Kier alpha value is -1.70. The first-order valence-electron chi connectivity index (χ1n) is 6.30. The van der Waals surface area contributed by atoms with Gasteiger partial charge in [-0.3, -0.25) is 0 Å². The van der Waals surface area contributed by atoms with Gasteiger partial charge in [-0.25, -0.2) is 9.59 Å². The molecule has 0 aliphatic heterocycles. The van der Waals surface area contributed by atoms with Crippen molar-refractivity contribution in [1.29, 1.82) is 0 Å². The van der Waals surface area contributed by atoms with Gasteiger partial charge in [0, 0.05) is 5.69 Å². The van der Waals surface area contributed by atoms with Gasteiger partial charge in [-0.1, -0.05) is 23.2 Å². The molecule has 1 aromatic rings. The van der Waals surface area contributed by atoms with Gasteiger partial charge in [-0.05, 0) is 26.0 Å². The van der Waals surface area contributed by atoms with Gasteiger partial charge >= 0.3 is 12.0 Å². The first kappa shape index (κ1) is 18.3. The molecule has 0 aliphatic rings. The second kappa shape index (κ2) is 7.53. The standard InChI is InChI=1S/C13H16Cl2N2O5/c1-3-22-10-8(14)4-7(5-9(10)15)17-12(20)16-6-13(2,21)11(18)19/h4-5,21H,3,6H2,1-2H3,(H,18,19)(H2,16,17,20). The zero-order valence-electron chi connectivity index (χ0n) is 11.9. The van der Waals surface area contributed by atoms with E-state index in [1.807, 2.05) is 0 Å². The Morgan fingerprint density at radius 2 is 1.86 bits per heavy atom. The fourth-order valence-electron chi connectivity index (χ4n) is 1.42. The van der Waals surface area contributed by atoms with E-state index in [9.17, 15) is 14.7 Å². The number of urea groups is 1. The number of anilines is 1. The summed E-state index contributed by atoms with van der Waals surface area (Å²) < 4.78 is 5.26. The number of ether oxygens (including phenoxy) is 1. The van der Waals surface area contributed by atoms with Crippen LogP contribution in [0, 0.1) is 0 Å². The van der Waals surface area contributed by atoms with Gasteiger partial charge in [-0.15, -0.1) is 0 Å². The maximum atomic E-state index is 11.7. The van der Waals surface area contributed by atoms with E-state index in [1.54, 1.807) is 6.92 Å². The van der Waals surface area contributed by atoms with Crippen LogP contribution in [0.25, 0.3) is 0 Å². The van der Waals surface area contributed by atoms with Gasteiger partial charge in [0.25, 0.3) is 0 Å². The predicted octanol–water partition coefficient (Wildman–Crippen LogP) is 2.35. The summed E-state index contributed by atoms with van der Waals surface area (Å²) >= 11 is 12.0. The summed E-state index contributed by atoms with van der Waals surface area (Å²) in [6, 6.07) is 2.17. The average Bonchev–Trinajstić information content (AvgIpc) is 2.40. The molecular weight excluding hydrogens is 335 g/mol. The molecule has 0 saturated carbocycles. The van der Waals surface area contributed by atoms with Crippen molar-refractivity contribution in [3.63, 3.8) is 0 Å². The topological polar surface area (TPSA) is 108 Å². The molecule has 1 rings (SSSR count). The van der Waals surface area contributed by atoms with Crippen LogP contribution in [0.2, 0.25) is 10.0 Å². The van der Waals surface area contributed by atoms with Crippen molar-refractivity contribution < 1.29 is 24.5 Å². The maximum Gasteiger partial charge on any atom is 0.337 e. The summed E-state index contributed by atoms with van der Waals surface area (Å²) in [6.07, 6.45) is 0. The molecule has 0 aliphatic carbocycles. The predicted molar refractivity (Wildman–Crippen MR) is 82.9 cm³/mol. The van der Waals surface area contributed by atoms with Gasteiger partial charge in [-0.2, -0.15) is 0 Å². The summed E-state index contributed by atoms with van der Waals surface area (Å²) in [4.78, 5) is 22.4. The zero-order chi connectivity index (χ0) is 16.9. The van der Waals surface area contributed by atoms with Gasteiger partial charge < -0.3 is 25.6 Å². The highest BCUT2D eigenvalue weighted by atomic mass is 35.5. The molecule has 2 amide bonds. The lowest BCUT2D eigenvalue weighted by Crippen LogP contribution is -2.47. The quantitative estimate of drug-likeness (QED) is 0.629. The lowest BCUT2D eigenvalue weighted by molar-refractivity contribution is -0.155. The number of hydrogen-bond donors (Lipinski definition) is 4.